The number of nitrogens with one attached hydrogen (secondary N) is 1. The van der Waals surface area contributed by atoms with Gasteiger partial charge in [-0.25, -0.2) is 0 Å². The molecule has 1 fully saturated rings. The Hall–Kier alpha value is -3.22. The zero-order valence-electron chi connectivity index (χ0n) is 17.0. The second kappa shape index (κ2) is 9.32. The Balaban J connectivity index is 1.75. The monoisotopic (exact) mass is 398 g/mol. The molecule has 7 heteroatoms. The first-order valence-corrected chi connectivity index (χ1v) is 9.55. The van der Waals surface area contributed by atoms with Crippen molar-refractivity contribution in [3.8, 4) is 17.2 Å². The number of hydrogen-bond acceptors (Lipinski definition) is 5. The fourth-order valence-corrected chi connectivity index (χ4v) is 3.42. The maximum absolute atomic E-state index is 12.5. The van der Waals surface area contributed by atoms with Gasteiger partial charge in [-0.1, -0.05) is 6.07 Å². The number of anilines is 2. The van der Waals surface area contributed by atoms with Crippen molar-refractivity contribution in [2.75, 3.05) is 38.1 Å². The van der Waals surface area contributed by atoms with Crippen LogP contribution in [-0.4, -0.2) is 39.7 Å². The first kappa shape index (κ1) is 20.5. The van der Waals surface area contributed by atoms with E-state index >= 15 is 0 Å². The lowest BCUT2D eigenvalue weighted by molar-refractivity contribution is -0.119. The Morgan fingerprint density at radius 1 is 0.966 bits per heavy atom. The second-order valence-corrected chi connectivity index (χ2v) is 6.80. The molecule has 154 valence electrons. The van der Waals surface area contributed by atoms with Crippen LogP contribution in [0.25, 0.3) is 0 Å². The largest absolute Gasteiger partial charge is 0.495 e. The maximum atomic E-state index is 12.5. The van der Waals surface area contributed by atoms with Crippen LogP contribution in [0.15, 0.2) is 36.4 Å². The molecular formula is C22H26N2O5. The van der Waals surface area contributed by atoms with E-state index < -0.39 is 0 Å². The number of rotatable bonds is 7. The molecule has 0 atom stereocenters. The van der Waals surface area contributed by atoms with Gasteiger partial charge in [0.2, 0.25) is 11.8 Å². The highest BCUT2D eigenvalue weighted by molar-refractivity contribution is 5.98. The maximum Gasteiger partial charge on any atom is 0.228 e. The third-order valence-electron chi connectivity index (χ3n) is 4.89. The fraction of sp³-hybridized carbons (Fsp3) is 0.364. The first-order chi connectivity index (χ1) is 14.0. The molecule has 0 bridgehead atoms. The Morgan fingerprint density at radius 2 is 1.69 bits per heavy atom. The summed E-state index contributed by atoms with van der Waals surface area (Å²) in [5.74, 6) is 1.70. The van der Waals surface area contributed by atoms with Crippen molar-refractivity contribution in [1.29, 1.82) is 0 Å². The summed E-state index contributed by atoms with van der Waals surface area (Å²) in [5, 5.41) is 2.90. The molecular weight excluding hydrogens is 372 g/mol. The lowest BCUT2D eigenvalue weighted by Crippen LogP contribution is -2.35. The highest BCUT2D eigenvalue weighted by atomic mass is 16.5. The summed E-state index contributed by atoms with van der Waals surface area (Å²) in [6.45, 7) is 0.651. The molecule has 7 nitrogen and oxygen atoms in total. The van der Waals surface area contributed by atoms with Gasteiger partial charge in [-0.15, -0.1) is 0 Å². The van der Waals surface area contributed by atoms with Gasteiger partial charge in [0, 0.05) is 18.7 Å². The van der Waals surface area contributed by atoms with Gasteiger partial charge in [-0.3, -0.25) is 9.59 Å². The number of piperidine rings is 1. The molecule has 0 saturated carbocycles. The summed E-state index contributed by atoms with van der Waals surface area (Å²) < 4.78 is 15.9. The number of methoxy groups -OCH3 is 3. The fourth-order valence-electron chi connectivity index (χ4n) is 3.42. The van der Waals surface area contributed by atoms with E-state index in [1.54, 1.807) is 56.6 Å². The first-order valence-electron chi connectivity index (χ1n) is 9.55. The van der Waals surface area contributed by atoms with Crippen LogP contribution in [0.5, 0.6) is 17.2 Å². The average molecular weight is 398 g/mol. The average Bonchev–Trinajstić information content (AvgIpc) is 2.74. The Kier molecular flexibility index (Phi) is 6.59. The summed E-state index contributed by atoms with van der Waals surface area (Å²) in [5.41, 5.74) is 2.10. The molecule has 1 aliphatic heterocycles. The molecule has 0 spiro atoms. The summed E-state index contributed by atoms with van der Waals surface area (Å²) in [6, 6.07) is 10.7. The number of benzene rings is 2. The molecule has 29 heavy (non-hydrogen) atoms. The lowest BCUT2D eigenvalue weighted by atomic mass is 10.1. The van der Waals surface area contributed by atoms with Crippen molar-refractivity contribution < 1.29 is 23.8 Å². The molecule has 1 heterocycles. The summed E-state index contributed by atoms with van der Waals surface area (Å²) >= 11 is 0. The SMILES string of the molecule is COc1ccc(CC(=O)Nc2ccc(OC)c(N3CCCCC3=O)c2)cc1OC. The summed E-state index contributed by atoms with van der Waals surface area (Å²) in [7, 11) is 4.70. The van der Waals surface area contributed by atoms with Crippen LogP contribution in [0.4, 0.5) is 11.4 Å². The smallest absolute Gasteiger partial charge is 0.228 e. The second-order valence-electron chi connectivity index (χ2n) is 6.80. The van der Waals surface area contributed by atoms with Crippen molar-refractivity contribution in [3.05, 3.63) is 42.0 Å². The molecule has 0 radical (unpaired) electrons. The van der Waals surface area contributed by atoms with Gasteiger partial charge in [0.15, 0.2) is 11.5 Å². The quantitative estimate of drug-likeness (QED) is 0.773. The van der Waals surface area contributed by atoms with Gasteiger partial charge in [-0.05, 0) is 48.7 Å². The van der Waals surface area contributed by atoms with Crippen molar-refractivity contribution >= 4 is 23.2 Å². The molecule has 0 aromatic heterocycles. The molecule has 1 aliphatic rings. The van der Waals surface area contributed by atoms with Crippen LogP contribution in [-0.2, 0) is 16.0 Å². The summed E-state index contributed by atoms with van der Waals surface area (Å²) in [6.07, 6.45) is 2.56. The number of hydrogen-bond donors (Lipinski definition) is 1. The topological polar surface area (TPSA) is 77.1 Å². The molecule has 3 rings (SSSR count). The Labute approximate surface area is 170 Å². The molecule has 1 N–H and O–H groups in total. The third kappa shape index (κ3) is 4.80. The van der Waals surface area contributed by atoms with Crippen LogP contribution in [0, 0.1) is 0 Å². The van der Waals surface area contributed by atoms with Gasteiger partial charge in [0.25, 0.3) is 0 Å². The third-order valence-corrected chi connectivity index (χ3v) is 4.89. The van der Waals surface area contributed by atoms with E-state index in [1.807, 2.05) is 6.07 Å². The number of nitrogens with zero attached hydrogens (tertiary/aromatic N) is 1. The van der Waals surface area contributed by atoms with E-state index in [9.17, 15) is 9.59 Å². The number of ether oxygens (including phenoxy) is 3. The van der Waals surface area contributed by atoms with Crippen LogP contribution in [0.1, 0.15) is 24.8 Å². The predicted octanol–water partition coefficient (Wildman–Crippen LogP) is 3.41. The van der Waals surface area contributed by atoms with Crippen molar-refractivity contribution in [2.24, 2.45) is 0 Å². The molecule has 2 amide bonds. The van der Waals surface area contributed by atoms with Gasteiger partial charge in [0.05, 0.1) is 33.4 Å². The lowest BCUT2D eigenvalue weighted by Gasteiger charge is -2.28. The standard InChI is InChI=1S/C22H26N2O5/c1-27-18-10-8-16(14-17(18)24-11-5-4-6-22(24)26)23-21(25)13-15-7-9-19(28-2)20(12-15)29-3/h7-10,12,14H,4-6,11,13H2,1-3H3,(H,23,25). The van der Waals surface area contributed by atoms with Gasteiger partial charge in [-0.2, -0.15) is 0 Å². The van der Waals surface area contributed by atoms with Crippen molar-refractivity contribution in [1.82, 2.24) is 0 Å². The number of carbonyl (C=O) groups excluding carboxylic acids is 2. The molecule has 0 unspecified atom stereocenters. The zero-order valence-corrected chi connectivity index (χ0v) is 17.0. The van der Waals surface area contributed by atoms with Gasteiger partial charge in [0.1, 0.15) is 5.75 Å². The van der Waals surface area contributed by atoms with Gasteiger partial charge >= 0.3 is 0 Å². The highest BCUT2D eigenvalue weighted by Crippen LogP contribution is 2.34. The van der Waals surface area contributed by atoms with E-state index in [2.05, 4.69) is 5.32 Å². The van der Waals surface area contributed by atoms with E-state index in [0.29, 0.717) is 41.6 Å². The normalized spacial score (nSPS) is 13.8. The Bertz CT molecular complexity index is 897. The minimum Gasteiger partial charge on any atom is -0.495 e. The minimum absolute atomic E-state index is 0.0726. The Morgan fingerprint density at radius 3 is 2.38 bits per heavy atom. The summed E-state index contributed by atoms with van der Waals surface area (Å²) in [4.78, 5) is 26.6. The van der Waals surface area contributed by atoms with Crippen molar-refractivity contribution in [3.63, 3.8) is 0 Å². The molecule has 2 aromatic rings. The van der Waals surface area contributed by atoms with E-state index in [4.69, 9.17) is 14.2 Å². The highest BCUT2D eigenvalue weighted by Gasteiger charge is 2.23. The number of amides is 2. The van der Waals surface area contributed by atoms with E-state index in [0.717, 1.165) is 18.4 Å². The van der Waals surface area contributed by atoms with E-state index in [1.165, 1.54) is 0 Å². The molecule has 0 aliphatic carbocycles. The van der Waals surface area contributed by atoms with Crippen LogP contribution < -0.4 is 24.4 Å². The number of carbonyl (C=O) groups is 2. The van der Waals surface area contributed by atoms with E-state index in [-0.39, 0.29) is 18.2 Å². The minimum atomic E-state index is -0.168. The van der Waals surface area contributed by atoms with Crippen LogP contribution in [0.3, 0.4) is 0 Å². The van der Waals surface area contributed by atoms with Crippen LogP contribution >= 0.6 is 0 Å². The molecule has 2 aromatic carbocycles. The van der Waals surface area contributed by atoms with Crippen LogP contribution in [0.2, 0.25) is 0 Å². The predicted molar refractivity (Wildman–Crippen MR) is 111 cm³/mol. The molecule has 1 saturated heterocycles. The van der Waals surface area contributed by atoms with Gasteiger partial charge < -0.3 is 24.4 Å². The zero-order chi connectivity index (χ0) is 20.8. The van der Waals surface area contributed by atoms with Crippen molar-refractivity contribution in [2.45, 2.75) is 25.7 Å².